The van der Waals surface area contributed by atoms with Crippen LogP contribution in [0.5, 0.6) is 11.5 Å². The second-order valence-electron chi connectivity index (χ2n) is 8.03. The van der Waals surface area contributed by atoms with Crippen molar-refractivity contribution in [3.8, 4) is 22.9 Å². The Morgan fingerprint density at radius 1 is 1.09 bits per heavy atom. The number of methoxy groups -OCH3 is 1. The van der Waals surface area contributed by atoms with E-state index < -0.39 is 0 Å². The first kappa shape index (κ1) is 21.8. The number of carbonyl (C=O) groups excluding carboxylic acids is 1. The molecule has 1 fully saturated rings. The molecule has 0 aliphatic carbocycles. The molecule has 9 heteroatoms. The summed E-state index contributed by atoms with van der Waals surface area (Å²) in [6.07, 6.45) is 5.21. The highest BCUT2D eigenvalue weighted by atomic mass is 16.5. The van der Waals surface area contributed by atoms with E-state index in [1.165, 1.54) is 0 Å². The van der Waals surface area contributed by atoms with E-state index in [2.05, 4.69) is 15.3 Å². The molecule has 0 radical (unpaired) electrons. The Morgan fingerprint density at radius 2 is 1.88 bits per heavy atom. The van der Waals surface area contributed by atoms with Crippen molar-refractivity contribution in [3.63, 3.8) is 0 Å². The van der Waals surface area contributed by atoms with Gasteiger partial charge in [-0.3, -0.25) is 14.5 Å². The highest BCUT2D eigenvalue weighted by Crippen LogP contribution is 2.34. The van der Waals surface area contributed by atoms with Crippen LogP contribution < -0.4 is 14.8 Å². The molecule has 1 aliphatic heterocycles. The fourth-order valence-electron chi connectivity index (χ4n) is 4.14. The number of fused-ring (bicyclic) bond motifs is 1. The van der Waals surface area contributed by atoms with Crippen molar-refractivity contribution in [3.05, 3.63) is 60.4 Å². The van der Waals surface area contributed by atoms with Crippen molar-refractivity contribution in [2.75, 3.05) is 25.6 Å². The summed E-state index contributed by atoms with van der Waals surface area (Å²) in [5.41, 5.74) is 3.28. The zero-order valence-corrected chi connectivity index (χ0v) is 18.8. The molecular formula is C25H25N5O4. The second-order valence-corrected chi connectivity index (χ2v) is 8.03. The van der Waals surface area contributed by atoms with E-state index in [0.717, 1.165) is 54.1 Å². The molecule has 0 unspecified atom stereocenters. The maximum absolute atomic E-state index is 10.9. The molecule has 0 amide bonds. The molecule has 174 valence electrons. The van der Waals surface area contributed by atoms with Crippen molar-refractivity contribution in [1.82, 2.24) is 19.7 Å². The predicted molar refractivity (Wildman–Crippen MR) is 127 cm³/mol. The summed E-state index contributed by atoms with van der Waals surface area (Å²) in [5.74, 6) is 1.96. The highest BCUT2D eigenvalue weighted by molar-refractivity contribution is 6.00. The van der Waals surface area contributed by atoms with Gasteiger partial charge in [0.1, 0.15) is 23.0 Å². The molecule has 0 saturated carbocycles. The van der Waals surface area contributed by atoms with Gasteiger partial charge in [0.15, 0.2) is 0 Å². The van der Waals surface area contributed by atoms with Crippen molar-refractivity contribution < 1.29 is 19.0 Å². The fraction of sp³-hybridized carbons (Fsp3) is 0.280. The Morgan fingerprint density at radius 3 is 2.65 bits per heavy atom. The first-order chi connectivity index (χ1) is 16.7. The minimum Gasteiger partial charge on any atom is -0.497 e. The van der Waals surface area contributed by atoms with Crippen LogP contribution in [0.15, 0.2) is 54.9 Å². The SMILES string of the molecule is COc1ccc(Cn2nc(-c3cc(OC=O)ccn3)c3c(NC4CCOCC4)nccc32)cc1. The summed E-state index contributed by atoms with van der Waals surface area (Å²) < 4.78 is 17.8. The Labute approximate surface area is 196 Å². The third-order valence-electron chi connectivity index (χ3n) is 5.88. The molecule has 5 rings (SSSR count). The first-order valence-electron chi connectivity index (χ1n) is 11.1. The topological polar surface area (TPSA) is 100 Å². The molecule has 1 saturated heterocycles. The third kappa shape index (κ3) is 4.55. The molecular weight excluding hydrogens is 434 g/mol. The molecule has 4 heterocycles. The van der Waals surface area contributed by atoms with Crippen LogP contribution in [0.3, 0.4) is 0 Å². The van der Waals surface area contributed by atoms with Crippen LogP contribution in [0, 0.1) is 0 Å². The van der Waals surface area contributed by atoms with Gasteiger partial charge < -0.3 is 19.5 Å². The van der Waals surface area contributed by atoms with Crippen molar-refractivity contribution in [2.24, 2.45) is 0 Å². The number of nitrogens with one attached hydrogen (secondary N) is 1. The number of nitrogens with zero attached hydrogens (tertiary/aromatic N) is 4. The van der Waals surface area contributed by atoms with Crippen LogP contribution in [-0.2, 0) is 16.1 Å². The molecule has 0 atom stereocenters. The van der Waals surface area contributed by atoms with Crippen LogP contribution >= 0.6 is 0 Å². The van der Waals surface area contributed by atoms with E-state index in [4.69, 9.17) is 19.3 Å². The summed E-state index contributed by atoms with van der Waals surface area (Å²) in [5, 5.41) is 9.39. The van der Waals surface area contributed by atoms with E-state index in [9.17, 15) is 4.79 Å². The Balaban J connectivity index is 1.60. The smallest absolute Gasteiger partial charge is 0.298 e. The minimum absolute atomic E-state index is 0.266. The number of rotatable bonds is 8. The average molecular weight is 460 g/mol. The van der Waals surface area contributed by atoms with Crippen molar-refractivity contribution in [1.29, 1.82) is 0 Å². The maximum atomic E-state index is 10.9. The molecule has 0 spiro atoms. The van der Waals surface area contributed by atoms with Gasteiger partial charge in [0.25, 0.3) is 6.47 Å². The van der Waals surface area contributed by atoms with Crippen LogP contribution in [0.2, 0.25) is 0 Å². The summed E-state index contributed by atoms with van der Waals surface area (Å²) in [7, 11) is 1.65. The van der Waals surface area contributed by atoms with Gasteiger partial charge >= 0.3 is 0 Å². The van der Waals surface area contributed by atoms with Gasteiger partial charge in [-0.1, -0.05) is 12.1 Å². The third-order valence-corrected chi connectivity index (χ3v) is 5.88. The molecule has 1 N–H and O–H groups in total. The average Bonchev–Trinajstić information content (AvgIpc) is 3.25. The number of benzene rings is 1. The van der Waals surface area contributed by atoms with Crippen molar-refractivity contribution in [2.45, 2.75) is 25.4 Å². The second kappa shape index (κ2) is 9.88. The van der Waals surface area contributed by atoms with Gasteiger partial charge in [-0.05, 0) is 42.7 Å². The molecule has 1 aliphatic rings. The molecule has 9 nitrogen and oxygen atoms in total. The number of carbonyl (C=O) groups is 1. The van der Waals surface area contributed by atoms with Gasteiger partial charge in [-0.25, -0.2) is 4.98 Å². The van der Waals surface area contributed by atoms with Crippen molar-refractivity contribution >= 4 is 23.2 Å². The zero-order chi connectivity index (χ0) is 23.3. The minimum atomic E-state index is 0.266. The summed E-state index contributed by atoms with van der Waals surface area (Å²) in [6.45, 7) is 2.42. The number of ether oxygens (including phenoxy) is 3. The standard InChI is InChI=1S/C25H25N5O4/c1-32-19-4-2-17(3-5-19)15-30-22-7-11-27-25(28-18-8-12-33-13-9-18)23(22)24(29-30)21-14-20(34-16-31)6-10-26-21/h2-7,10-11,14,16,18H,8-9,12-13,15H2,1H3,(H,27,28). The first-order valence-corrected chi connectivity index (χ1v) is 11.1. The maximum Gasteiger partial charge on any atom is 0.298 e. The predicted octanol–water partition coefficient (Wildman–Crippen LogP) is 3.68. The summed E-state index contributed by atoms with van der Waals surface area (Å²) in [4.78, 5) is 20.0. The Hall–Kier alpha value is -3.98. The van der Waals surface area contributed by atoms with E-state index in [-0.39, 0.29) is 6.04 Å². The molecule has 1 aromatic carbocycles. The number of hydrogen-bond donors (Lipinski definition) is 1. The largest absolute Gasteiger partial charge is 0.497 e. The van der Waals surface area contributed by atoms with E-state index in [1.54, 1.807) is 31.6 Å². The van der Waals surface area contributed by atoms with Gasteiger partial charge in [-0.2, -0.15) is 5.10 Å². The van der Waals surface area contributed by atoms with Gasteiger partial charge in [0, 0.05) is 37.7 Å². The Bertz CT molecular complexity index is 1280. The fourth-order valence-corrected chi connectivity index (χ4v) is 4.14. The van der Waals surface area contributed by atoms with Gasteiger partial charge in [-0.15, -0.1) is 0 Å². The lowest BCUT2D eigenvalue weighted by molar-refractivity contribution is -0.120. The van der Waals surface area contributed by atoms with Crippen LogP contribution in [0.4, 0.5) is 5.82 Å². The lowest BCUT2D eigenvalue weighted by atomic mass is 10.1. The summed E-state index contributed by atoms with van der Waals surface area (Å²) >= 11 is 0. The van der Waals surface area contributed by atoms with Crippen LogP contribution in [0.25, 0.3) is 22.3 Å². The highest BCUT2D eigenvalue weighted by Gasteiger charge is 2.21. The van der Waals surface area contributed by atoms with Gasteiger partial charge in [0.05, 0.1) is 30.3 Å². The normalized spacial score (nSPS) is 14.1. The number of pyridine rings is 2. The molecule has 3 aromatic heterocycles. The monoisotopic (exact) mass is 459 g/mol. The van der Waals surface area contributed by atoms with Crippen LogP contribution in [0.1, 0.15) is 18.4 Å². The zero-order valence-electron chi connectivity index (χ0n) is 18.8. The lowest BCUT2D eigenvalue weighted by Gasteiger charge is -2.24. The van der Waals surface area contributed by atoms with Crippen LogP contribution in [-0.4, -0.2) is 52.6 Å². The number of hydrogen-bond acceptors (Lipinski definition) is 8. The quantitative estimate of drug-likeness (QED) is 0.398. The molecule has 34 heavy (non-hydrogen) atoms. The molecule has 4 aromatic rings. The Kier molecular flexibility index (Phi) is 6.35. The number of aromatic nitrogens is 4. The van der Waals surface area contributed by atoms with E-state index in [0.29, 0.717) is 30.2 Å². The van der Waals surface area contributed by atoms with Gasteiger partial charge in [0.2, 0.25) is 0 Å². The van der Waals surface area contributed by atoms with E-state index in [1.807, 2.05) is 35.0 Å². The molecule has 0 bridgehead atoms. The van der Waals surface area contributed by atoms with E-state index >= 15 is 0 Å². The lowest BCUT2D eigenvalue weighted by Crippen LogP contribution is -2.28. The number of anilines is 1. The summed E-state index contributed by atoms with van der Waals surface area (Å²) in [6, 6.07) is 13.5.